The number of hydrogen-bond donors (Lipinski definition) is 0. The summed E-state index contributed by atoms with van der Waals surface area (Å²) in [4.78, 5) is 4.25. The summed E-state index contributed by atoms with van der Waals surface area (Å²) >= 11 is 0. The van der Waals surface area contributed by atoms with Crippen LogP contribution in [-0.4, -0.2) is 14.8 Å². The zero-order valence-electron chi connectivity index (χ0n) is 12.3. The number of aromatic nitrogens is 3. The van der Waals surface area contributed by atoms with E-state index in [1.54, 1.807) is 10.9 Å². The lowest BCUT2D eigenvalue weighted by atomic mass is 10.2. The van der Waals surface area contributed by atoms with Crippen LogP contribution in [0, 0.1) is 13.8 Å². The fourth-order valence-corrected chi connectivity index (χ4v) is 2.21. The van der Waals surface area contributed by atoms with Gasteiger partial charge in [-0.3, -0.25) is 4.68 Å². The first-order valence-corrected chi connectivity index (χ1v) is 6.78. The van der Waals surface area contributed by atoms with Gasteiger partial charge in [0.25, 0.3) is 0 Å². The Bertz CT molecular complexity index is 744. The van der Waals surface area contributed by atoms with Crippen LogP contribution < -0.4 is 4.74 Å². The van der Waals surface area contributed by atoms with Crippen molar-refractivity contribution in [3.63, 3.8) is 0 Å². The molecule has 3 rings (SSSR count). The van der Waals surface area contributed by atoms with Crippen molar-refractivity contribution in [3.05, 3.63) is 53.8 Å². The fraction of sp³-hybridized carbons (Fsp3) is 0.250. The van der Waals surface area contributed by atoms with Gasteiger partial charge in [0, 0.05) is 12.6 Å². The van der Waals surface area contributed by atoms with Crippen LogP contribution in [0.25, 0.3) is 11.3 Å². The molecule has 2 aromatic heterocycles. The summed E-state index contributed by atoms with van der Waals surface area (Å²) in [7, 11) is 1.90. The number of ether oxygens (including phenoxy) is 1. The molecule has 0 spiro atoms. The van der Waals surface area contributed by atoms with Crippen LogP contribution in [0.1, 0.15) is 17.3 Å². The van der Waals surface area contributed by atoms with E-state index in [9.17, 15) is 0 Å². The van der Waals surface area contributed by atoms with E-state index in [-0.39, 0.29) is 0 Å². The van der Waals surface area contributed by atoms with Crippen LogP contribution in [0.3, 0.4) is 0 Å². The molecule has 0 radical (unpaired) electrons. The normalized spacial score (nSPS) is 10.8. The maximum Gasteiger partial charge on any atom is 0.232 e. The predicted molar refractivity (Wildman–Crippen MR) is 79.0 cm³/mol. The second kappa shape index (κ2) is 5.44. The Hall–Kier alpha value is -2.56. The van der Waals surface area contributed by atoms with Gasteiger partial charge in [0.2, 0.25) is 5.89 Å². The minimum absolute atomic E-state index is 0.292. The molecule has 5 heteroatoms. The molecule has 0 N–H and O–H groups in total. The second-order valence-electron chi connectivity index (χ2n) is 4.90. The zero-order valence-corrected chi connectivity index (χ0v) is 12.3. The molecule has 0 fully saturated rings. The van der Waals surface area contributed by atoms with Gasteiger partial charge in [-0.15, -0.1) is 0 Å². The van der Waals surface area contributed by atoms with Gasteiger partial charge in [0.15, 0.2) is 18.1 Å². The molecule has 2 heterocycles. The van der Waals surface area contributed by atoms with Gasteiger partial charge in [-0.1, -0.05) is 30.3 Å². The minimum atomic E-state index is 0.292. The van der Waals surface area contributed by atoms with E-state index >= 15 is 0 Å². The highest BCUT2D eigenvalue weighted by molar-refractivity contribution is 5.55. The summed E-state index contributed by atoms with van der Waals surface area (Å²) in [5.41, 5.74) is 2.86. The molecule has 1 aromatic carbocycles. The van der Waals surface area contributed by atoms with E-state index in [0.717, 1.165) is 28.5 Å². The van der Waals surface area contributed by atoms with Gasteiger partial charge in [0.1, 0.15) is 5.69 Å². The number of nitrogens with zero attached hydrogens (tertiary/aromatic N) is 3. The van der Waals surface area contributed by atoms with Crippen molar-refractivity contribution in [2.45, 2.75) is 20.5 Å². The molecule has 0 saturated heterocycles. The van der Waals surface area contributed by atoms with Gasteiger partial charge in [-0.05, 0) is 13.8 Å². The van der Waals surface area contributed by atoms with Gasteiger partial charge in [0.05, 0.1) is 11.9 Å². The molecule has 108 valence electrons. The van der Waals surface area contributed by atoms with Gasteiger partial charge < -0.3 is 9.15 Å². The number of rotatable bonds is 4. The maximum atomic E-state index is 5.78. The molecule has 0 amide bonds. The summed E-state index contributed by atoms with van der Waals surface area (Å²) in [5.74, 6) is 2.09. The van der Waals surface area contributed by atoms with E-state index in [1.807, 2.05) is 51.2 Å². The molecular weight excluding hydrogens is 266 g/mol. The predicted octanol–water partition coefficient (Wildman–Crippen LogP) is 3.27. The summed E-state index contributed by atoms with van der Waals surface area (Å²) in [6, 6.07) is 9.88. The second-order valence-corrected chi connectivity index (χ2v) is 4.90. The van der Waals surface area contributed by atoms with Crippen molar-refractivity contribution in [2.75, 3.05) is 0 Å². The molecule has 0 aliphatic carbocycles. The van der Waals surface area contributed by atoms with E-state index in [0.29, 0.717) is 12.5 Å². The lowest BCUT2D eigenvalue weighted by Gasteiger charge is -2.03. The largest absolute Gasteiger partial charge is 0.480 e. The zero-order chi connectivity index (χ0) is 14.8. The van der Waals surface area contributed by atoms with E-state index in [2.05, 4.69) is 10.1 Å². The first kappa shape index (κ1) is 13.4. The molecule has 0 aliphatic heterocycles. The number of benzene rings is 1. The van der Waals surface area contributed by atoms with Crippen molar-refractivity contribution < 1.29 is 9.15 Å². The maximum absolute atomic E-state index is 5.78. The van der Waals surface area contributed by atoms with Crippen LogP contribution in [0.15, 0.2) is 40.9 Å². The van der Waals surface area contributed by atoms with Gasteiger partial charge in [-0.2, -0.15) is 5.10 Å². The Morgan fingerprint density at radius 3 is 2.62 bits per heavy atom. The summed E-state index contributed by atoms with van der Waals surface area (Å²) in [6.07, 6.45) is 1.72. The number of hydrogen-bond acceptors (Lipinski definition) is 4. The molecule has 0 unspecified atom stereocenters. The minimum Gasteiger partial charge on any atom is -0.480 e. The molecule has 21 heavy (non-hydrogen) atoms. The third kappa shape index (κ3) is 2.67. The third-order valence-electron chi connectivity index (χ3n) is 3.39. The van der Waals surface area contributed by atoms with Crippen molar-refractivity contribution in [3.8, 4) is 17.1 Å². The Morgan fingerprint density at radius 1 is 1.19 bits per heavy atom. The van der Waals surface area contributed by atoms with Crippen LogP contribution in [0.2, 0.25) is 0 Å². The van der Waals surface area contributed by atoms with Crippen molar-refractivity contribution in [1.82, 2.24) is 14.8 Å². The summed E-state index contributed by atoms with van der Waals surface area (Å²) < 4.78 is 13.3. The molecule has 3 aromatic rings. The average molecular weight is 283 g/mol. The topological polar surface area (TPSA) is 53.1 Å². The van der Waals surface area contributed by atoms with E-state index < -0.39 is 0 Å². The molecule has 0 bridgehead atoms. The smallest absolute Gasteiger partial charge is 0.232 e. The molecule has 5 nitrogen and oxygen atoms in total. The lowest BCUT2D eigenvalue weighted by Crippen LogP contribution is -1.98. The first-order valence-electron chi connectivity index (χ1n) is 6.78. The van der Waals surface area contributed by atoms with Crippen molar-refractivity contribution >= 4 is 0 Å². The van der Waals surface area contributed by atoms with Crippen molar-refractivity contribution in [1.29, 1.82) is 0 Å². The Labute approximate surface area is 123 Å². The Kier molecular flexibility index (Phi) is 3.48. The highest BCUT2D eigenvalue weighted by Crippen LogP contribution is 2.24. The van der Waals surface area contributed by atoms with Gasteiger partial charge in [-0.25, -0.2) is 4.98 Å². The highest BCUT2D eigenvalue weighted by atomic mass is 16.5. The van der Waals surface area contributed by atoms with Crippen LogP contribution >= 0.6 is 0 Å². The molecule has 0 atom stereocenters. The number of oxazole rings is 1. The SMILES string of the molecule is Cc1nn(C)c(C)c1OCc1ncc(-c2ccccc2)o1. The first-order chi connectivity index (χ1) is 10.1. The van der Waals surface area contributed by atoms with E-state index in [1.165, 1.54) is 0 Å². The number of aryl methyl sites for hydroxylation is 2. The third-order valence-corrected chi connectivity index (χ3v) is 3.39. The average Bonchev–Trinajstić information content (AvgIpc) is 3.05. The monoisotopic (exact) mass is 283 g/mol. The summed E-state index contributed by atoms with van der Waals surface area (Å²) in [6.45, 7) is 4.19. The quantitative estimate of drug-likeness (QED) is 0.737. The molecular formula is C16H17N3O2. The standard InChI is InChI=1S/C16H17N3O2/c1-11-16(12(2)19(3)18-11)20-10-15-17-9-14(21-15)13-7-5-4-6-8-13/h4-9H,10H2,1-3H3. The Morgan fingerprint density at radius 2 is 1.95 bits per heavy atom. The van der Waals surface area contributed by atoms with E-state index in [4.69, 9.17) is 9.15 Å². The Balaban J connectivity index is 1.73. The van der Waals surface area contributed by atoms with Crippen molar-refractivity contribution in [2.24, 2.45) is 7.05 Å². The highest BCUT2D eigenvalue weighted by Gasteiger charge is 2.12. The van der Waals surface area contributed by atoms with Crippen LogP contribution in [-0.2, 0) is 13.7 Å². The molecule has 0 aliphatic rings. The van der Waals surface area contributed by atoms with Crippen LogP contribution in [0.4, 0.5) is 0 Å². The summed E-state index contributed by atoms with van der Waals surface area (Å²) in [5, 5.41) is 4.32. The lowest BCUT2D eigenvalue weighted by molar-refractivity contribution is 0.261. The fourth-order valence-electron chi connectivity index (χ4n) is 2.21. The molecule has 0 saturated carbocycles. The van der Waals surface area contributed by atoms with Gasteiger partial charge >= 0.3 is 0 Å². The van der Waals surface area contributed by atoms with Crippen LogP contribution in [0.5, 0.6) is 5.75 Å².